The van der Waals surface area contributed by atoms with Crippen molar-refractivity contribution in [2.75, 3.05) is 13.1 Å². The number of hydrogen-bond acceptors (Lipinski definition) is 1. The van der Waals surface area contributed by atoms with Crippen LogP contribution < -0.4 is 5.32 Å². The molecule has 0 bridgehead atoms. The molecule has 2 fully saturated rings. The predicted octanol–water partition coefficient (Wildman–Crippen LogP) is 2.98. The molecule has 1 N–H and O–H groups in total. The molecule has 1 saturated carbocycles. The molecule has 0 aromatic carbocycles. The monoisotopic (exact) mass is 193 g/mol. The lowest BCUT2D eigenvalue weighted by molar-refractivity contribution is 0.345. The van der Waals surface area contributed by atoms with Crippen LogP contribution in [0.4, 0.5) is 0 Å². The Kier molecular flexibility index (Phi) is 2.96. The Morgan fingerprint density at radius 3 is 2.71 bits per heavy atom. The average Bonchev–Trinajstić information content (AvgIpc) is 2.62. The zero-order valence-electron chi connectivity index (χ0n) is 9.77. The summed E-state index contributed by atoms with van der Waals surface area (Å²) < 4.78 is 0. The first kappa shape index (κ1) is 10.2. The number of rotatable bonds is 1. The molecule has 1 heteroatoms. The Bertz CT molecular complexity index is 240. The van der Waals surface area contributed by atoms with Crippen molar-refractivity contribution in [2.45, 2.75) is 40.0 Å². The van der Waals surface area contributed by atoms with Gasteiger partial charge in [0.05, 0.1) is 0 Å². The molecular formula is C13H23N. The van der Waals surface area contributed by atoms with Gasteiger partial charge >= 0.3 is 0 Å². The molecule has 2 atom stereocenters. The summed E-state index contributed by atoms with van der Waals surface area (Å²) in [5, 5.41) is 3.53. The summed E-state index contributed by atoms with van der Waals surface area (Å²) in [5.74, 6) is 2.68. The molecule has 0 aromatic heterocycles. The summed E-state index contributed by atoms with van der Waals surface area (Å²) in [6, 6.07) is 0. The molecule has 1 aliphatic heterocycles. The minimum atomic E-state index is 0.746. The molecule has 14 heavy (non-hydrogen) atoms. The summed E-state index contributed by atoms with van der Waals surface area (Å²) >= 11 is 0. The van der Waals surface area contributed by atoms with Gasteiger partial charge in [-0.1, -0.05) is 25.0 Å². The van der Waals surface area contributed by atoms with Crippen LogP contribution in [0.15, 0.2) is 11.1 Å². The molecule has 0 amide bonds. The van der Waals surface area contributed by atoms with Gasteiger partial charge in [-0.05, 0) is 57.0 Å². The highest BCUT2D eigenvalue weighted by atomic mass is 14.9. The molecule has 80 valence electrons. The van der Waals surface area contributed by atoms with Crippen LogP contribution in [-0.4, -0.2) is 13.1 Å². The van der Waals surface area contributed by atoms with Gasteiger partial charge in [0, 0.05) is 0 Å². The molecule has 1 aliphatic carbocycles. The molecule has 0 aromatic rings. The summed E-state index contributed by atoms with van der Waals surface area (Å²) in [7, 11) is 0. The summed E-state index contributed by atoms with van der Waals surface area (Å²) in [6.45, 7) is 9.52. The van der Waals surface area contributed by atoms with Gasteiger partial charge in [0.25, 0.3) is 0 Å². The molecule has 2 rings (SSSR count). The second-order valence-electron chi connectivity index (χ2n) is 5.36. The van der Waals surface area contributed by atoms with E-state index in [0.29, 0.717) is 0 Å². The van der Waals surface area contributed by atoms with Gasteiger partial charge in [-0.25, -0.2) is 0 Å². The molecule has 2 aliphatic rings. The normalized spacial score (nSPS) is 36.0. The third-order valence-corrected chi connectivity index (χ3v) is 4.23. The molecular weight excluding hydrogens is 170 g/mol. The van der Waals surface area contributed by atoms with Crippen molar-refractivity contribution in [2.24, 2.45) is 17.8 Å². The maximum absolute atomic E-state index is 3.53. The third kappa shape index (κ3) is 1.88. The van der Waals surface area contributed by atoms with E-state index in [4.69, 9.17) is 0 Å². The van der Waals surface area contributed by atoms with Crippen LogP contribution in [0.1, 0.15) is 40.0 Å². The fourth-order valence-corrected chi connectivity index (χ4v) is 2.91. The maximum Gasteiger partial charge on any atom is -0.00142 e. The molecule has 0 spiro atoms. The summed E-state index contributed by atoms with van der Waals surface area (Å²) in [6.07, 6.45) is 4.17. The van der Waals surface area contributed by atoms with Gasteiger partial charge in [0.2, 0.25) is 0 Å². The Morgan fingerprint density at radius 2 is 2.00 bits per heavy atom. The van der Waals surface area contributed by atoms with E-state index in [9.17, 15) is 0 Å². The van der Waals surface area contributed by atoms with Crippen LogP contribution in [0.5, 0.6) is 0 Å². The number of fused-ring (bicyclic) bond motifs is 1. The number of nitrogens with one attached hydrogen (secondary N) is 1. The first-order chi connectivity index (χ1) is 6.68. The molecule has 1 nitrogen and oxygen atoms in total. The van der Waals surface area contributed by atoms with E-state index < -0.39 is 0 Å². The highest BCUT2D eigenvalue weighted by Gasteiger charge is 2.31. The van der Waals surface area contributed by atoms with Crippen LogP contribution in [0.25, 0.3) is 0 Å². The first-order valence-corrected chi connectivity index (χ1v) is 6.07. The van der Waals surface area contributed by atoms with E-state index in [-0.39, 0.29) is 0 Å². The second kappa shape index (κ2) is 4.06. The van der Waals surface area contributed by atoms with E-state index in [1.54, 1.807) is 11.1 Å². The van der Waals surface area contributed by atoms with Crippen molar-refractivity contribution in [1.82, 2.24) is 5.32 Å². The fourth-order valence-electron chi connectivity index (χ4n) is 2.91. The lowest BCUT2D eigenvalue weighted by Gasteiger charge is -2.28. The smallest absolute Gasteiger partial charge is 0.00142 e. The lowest BCUT2D eigenvalue weighted by Crippen LogP contribution is -2.19. The van der Waals surface area contributed by atoms with Crippen molar-refractivity contribution in [3.05, 3.63) is 11.1 Å². The summed E-state index contributed by atoms with van der Waals surface area (Å²) in [4.78, 5) is 0. The molecule has 1 heterocycles. The van der Waals surface area contributed by atoms with Crippen LogP contribution >= 0.6 is 0 Å². The molecule has 2 unspecified atom stereocenters. The third-order valence-electron chi connectivity index (χ3n) is 4.23. The van der Waals surface area contributed by atoms with Gasteiger partial charge < -0.3 is 5.32 Å². The van der Waals surface area contributed by atoms with Crippen molar-refractivity contribution in [3.8, 4) is 0 Å². The van der Waals surface area contributed by atoms with Crippen molar-refractivity contribution >= 4 is 0 Å². The highest BCUT2D eigenvalue weighted by molar-refractivity contribution is 5.17. The Labute approximate surface area is 88.0 Å². The minimum Gasteiger partial charge on any atom is -0.316 e. The van der Waals surface area contributed by atoms with Gasteiger partial charge in [0.15, 0.2) is 0 Å². The van der Waals surface area contributed by atoms with Crippen LogP contribution in [-0.2, 0) is 0 Å². The molecule has 1 saturated heterocycles. The van der Waals surface area contributed by atoms with Crippen LogP contribution in [0, 0.1) is 17.8 Å². The van der Waals surface area contributed by atoms with Crippen molar-refractivity contribution in [3.63, 3.8) is 0 Å². The quantitative estimate of drug-likeness (QED) is 0.631. The average molecular weight is 193 g/mol. The van der Waals surface area contributed by atoms with Gasteiger partial charge in [-0.2, -0.15) is 0 Å². The van der Waals surface area contributed by atoms with Crippen LogP contribution in [0.3, 0.4) is 0 Å². The van der Waals surface area contributed by atoms with Gasteiger partial charge in [0.1, 0.15) is 0 Å². The zero-order chi connectivity index (χ0) is 10.1. The summed E-state index contributed by atoms with van der Waals surface area (Å²) in [5.41, 5.74) is 3.43. The highest BCUT2D eigenvalue weighted by Crippen LogP contribution is 2.37. The SMILES string of the molecule is C/C(=C1\CCC2CNCC2C1)C(C)C. The van der Waals surface area contributed by atoms with Gasteiger partial charge in [-0.3, -0.25) is 0 Å². The van der Waals surface area contributed by atoms with E-state index in [1.165, 1.54) is 32.4 Å². The van der Waals surface area contributed by atoms with E-state index in [0.717, 1.165) is 17.8 Å². The zero-order valence-corrected chi connectivity index (χ0v) is 9.77. The van der Waals surface area contributed by atoms with Crippen molar-refractivity contribution < 1.29 is 0 Å². The molecule has 0 radical (unpaired) electrons. The lowest BCUT2D eigenvalue weighted by atomic mass is 9.76. The van der Waals surface area contributed by atoms with E-state index in [2.05, 4.69) is 26.1 Å². The van der Waals surface area contributed by atoms with Crippen LogP contribution in [0.2, 0.25) is 0 Å². The number of hydrogen-bond donors (Lipinski definition) is 1. The van der Waals surface area contributed by atoms with E-state index >= 15 is 0 Å². The number of allylic oxidation sites excluding steroid dienone is 2. The largest absolute Gasteiger partial charge is 0.316 e. The Balaban J connectivity index is 2.07. The van der Waals surface area contributed by atoms with Gasteiger partial charge in [-0.15, -0.1) is 0 Å². The predicted molar refractivity (Wildman–Crippen MR) is 61.2 cm³/mol. The standard InChI is InChI=1S/C13H23N/c1-9(2)10(3)11-4-5-12-7-14-8-13(12)6-11/h9,12-14H,4-8H2,1-3H3/b11-10-. The topological polar surface area (TPSA) is 12.0 Å². The fraction of sp³-hybridized carbons (Fsp3) is 0.846. The minimum absolute atomic E-state index is 0.746. The maximum atomic E-state index is 3.53. The van der Waals surface area contributed by atoms with Crippen molar-refractivity contribution in [1.29, 1.82) is 0 Å². The first-order valence-electron chi connectivity index (χ1n) is 6.07. The second-order valence-corrected chi connectivity index (χ2v) is 5.36. The van der Waals surface area contributed by atoms with E-state index in [1.807, 2.05) is 0 Å². The Morgan fingerprint density at radius 1 is 1.29 bits per heavy atom. The Hall–Kier alpha value is -0.300.